The van der Waals surface area contributed by atoms with Gasteiger partial charge < -0.3 is 14.4 Å². The maximum Gasteiger partial charge on any atom is 0.187 e. The molecule has 0 radical (unpaired) electrons. The summed E-state index contributed by atoms with van der Waals surface area (Å²) in [5, 5.41) is 5.37. The van der Waals surface area contributed by atoms with Gasteiger partial charge in [-0.1, -0.05) is 11.3 Å². The van der Waals surface area contributed by atoms with Gasteiger partial charge in [0.25, 0.3) is 0 Å². The normalized spacial score (nSPS) is 20.1. The molecule has 2 aromatic heterocycles. The van der Waals surface area contributed by atoms with Crippen LogP contribution in [-0.2, 0) is 16.5 Å². The van der Waals surface area contributed by atoms with E-state index in [0.29, 0.717) is 19.8 Å². The molecule has 7 heteroatoms. The molecule has 0 saturated carbocycles. The number of anilines is 1. The van der Waals surface area contributed by atoms with E-state index in [-0.39, 0.29) is 6.10 Å². The maximum atomic E-state index is 5.67. The molecule has 0 aromatic carbocycles. The molecule has 0 spiro atoms. The summed E-state index contributed by atoms with van der Waals surface area (Å²) in [5.41, 5.74) is 1.98. The largest absolute Gasteiger partial charge is 0.376 e. The van der Waals surface area contributed by atoms with Crippen molar-refractivity contribution in [3.8, 4) is 0 Å². The highest BCUT2D eigenvalue weighted by molar-refractivity contribution is 7.22. The first kappa shape index (κ1) is 12.8. The SMILES string of the molecule is Cc1nn(C)c2nc(N(C)CC3COCCO3)sc12. The van der Waals surface area contributed by atoms with Gasteiger partial charge in [0.1, 0.15) is 0 Å². The fourth-order valence-electron chi connectivity index (χ4n) is 2.26. The number of rotatable bonds is 3. The van der Waals surface area contributed by atoms with E-state index < -0.39 is 0 Å². The third-order valence-corrected chi connectivity index (χ3v) is 4.49. The predicted molar refractivity (Wildman–Crippen MR) is 75.0 cm³/mol. The summed E-state index contributed by atoms with van der Waals surface area (Å²) in [4.78, 5) is 6.78. The highest BCUT2D eigenvalue weighted by Gasteiger charge is 2.20. The average molecular weight is 282 g/mol. The van der Waals surface area contributed by atoms with Crippen LogP contribution >= 0.6 is 11.3 Å². The van der Waals surface area contributed by atoms with Crippen molar-refractivity contribution in [3.63, 3.8) is 0 Å². The molecule has 1 saturated heterocycles. The third kappa shape index (κ3) is 2.45. The lowest BCUT2D eigenvalue weighted by Crippen LogP contribution is -2.38. The number of aryl methyl sites for hydroxylation is 2. The summed E-state index contributed by atoms with van der Waals surface area (Å²) in [5.74, 6) is 0. The zero-order valence-electron chi connectivity index (χ0n) is 11.4. The zero-order chi connectivity index (χ0) is 13.4. The number of aromatic nitrogens is 3. The minimum absolute atomic E-state index is 0.130. The Morgan fingerprint density at radius 3 is 3.00 bits per heavy atom. The van der Waals surface area contributed by atoms with E-state index in [0.717, 1.165) is 27.7 Å². The standard InChI is InChI=1S/C12H18N4O2S/c1-8-10-11(16(3)14-8)13-12(19-10)15(2)6-9-7-17-4-5-18-9/h9H,4-7H2,1-3H3. The Kier molecular flexibility index (Phi) is 3.42. The summed E-state index contributed by atoms with van der Waals surface area (Å²) in [6.45, 7) is 4.86. The average Bonchev–Trinajstić information content (AvgIpc) is 2.94. The van der Waals surface area contributed by atoms with Gasteiger partial charge >= 0.3 is 0 Å². The second-order valence-corrected chi connectivity index (χ2v) is 5.78. The number of fused-ring (bicyclic) bond motifs is 1. The Bertz CT molecular complexity index is 539. The van der Waals surface area contributed by atoms with Gasteiger partial charge in [-0.15, -0.1) is 0 Å². The van der Waals surface area contributed by atoms with Crippen molar-refractivity contribution in [1.29, 1.82) is 0 Å². The lowest BCUT2D eigenvalue weighted by atomic mass is 10.3. The van der Waals surface area contributed by atoms with Gasteiger partial charge in [-0.2, -0.15) is 5.10 Å². The van der Waals surface area contributed by atoms with Crippen LogP contribution in [0.2, 0.25) is 0 Å². The van der Waals surface area contributed by atoms with E-state index in [4.69, 9.17) is 9.47 Å². The molecule has 0 bridgehead atoms. The fourth-order valence-corrected chi connectivity index (χ4v) is 3.27. The number of hydrogen-bond acceptors (Lipinski definition) is 6. The monoisotopic (exact) mass is 282 g/mol. The molecule has 3 rings (SSSR count). The van der Waals surface area contributed by atoms with Crippen LogP contribution in [0.5, 0.6) is 0 Å². The van der Waals surface area contributed by atoms with E-state index >= 15 is 0 Å². The molecule has 104 valence electrons. The number of thiazole rings is 1. The van der Waals surface area contributed by atoms with Crippen LogP contribution in [0.25, 0.3) is 10.3 Å². The van der Waals surface area contributed by atoms with Gasteiger partial charge in [0, 0.05) is 20.6 Å². The van der Waals surface area contributed by atoms with Crippen LogP contribution in [-0.4, -0.2) is 54.3 Å². The van der Waals surface area contributed by atoms with E-state index in [1.54, 1.807) is 11.3 Å². The first-order chi connectivity index (χ1) is 9.15. The minimum atomic E-state index is 0.130. The summed E-state index contributed by atoms with van der Waals surface area (Å²) in [6.07, 6.45) is 0.130. The summed E-state index contributed by atoms with van der Waals surface area (Å²) >= 11 is 1.68. The second kappa shape index (κ2) is 5.07. The Morgan fingerprint density at radius 2 is 2.32 bits per heavy atom. The van der Waals surface area contributed by atoms with Gasteiger partial charge in [-0.05, 0) is 6.92 Å². The van der Waals surface area contributed by atoms with E-state index in [1.165, 1.54) is 0 Å². The minimum Gasteiger partial charge on any atom is -0.376 e. The van der Waals surface area contributed by atoms with E-state index in [1.807, 2.05) is 25.7 Å². The Labute approximate surface area is 115 Å². The number of hydrogen-bond donors (Lipinski definition) is 0. The van der Waals surface area contributed by atoms with Crippen LogP contribution in [0.15, 0.2) is 0 Å². The van der Waals surface area contributed by atoms with Crippen molar-refractivity contribution in [2.75, 3.05) is 38.3 Å². The Balaban J connectivity index is 1.77. The molecule has 1 fully saturated rings. The molecule has 1 atom stereocenters. The lowest BCUT2D eigenvalue weighted by molar-refractivity contribution is -0.0837. The molecule has 0 N–H and O–H groups in total. The highest BCUT2D eigenvalue weighted by Crippen LogP contribution is 2.30. The van der Waals surface area contributed by atoms with Crippen molar-refractivity contribution < 1.29 is 9.47 Å². The highest BCUT2D eigenvalue weighted by atomic mass is 32.1. The van der Waals surface area contributed by atoms with Crippen LogP contribution in [0.4, 0.5) is 5.13 Å². The van der Waals surface area contributed by atoms with Gasteiger partial charge in [-0.3, -0.25) is 0 Å². The Hall–Kier alpha value is -1.18. The summed E-state index contributed by atoms with van der Waals surface area (Å²) in [7, 11) is 3.97. The molecule has 2 aromatic rings. The van der Waals surface area contributed by atoms with Gasteiger partial charge in [0.05, 0.1) is 36.3 Å². The molecule has 1 aliphatic rings. The molecule has 3 heterocycles. The quantitative estimate of drug-likeness (QED) is 0.846. The van der Waals surface area contributed by atoms with Crippen molar-refractivity contribution >= 4 is 26.8 Å². The van der Waals surface area contributed by atoms with E-state index in [2.05, 4.69) is 15.0 Å². The molecule has 1 aliphatic heterocycles. The third-order valence-electron chi connectivity index (χ3n) is 3.22. The molecule has 0 amide bonds. The van der Waals surface area contributed by atoms with E-state index in [9.17, 15) is 0 Å². The van der Waals surface area contributed by atoms with Gasteiger partial charge in [0.2, 0.25) is 0 Å². The first-order valence-corrected chi connectivity index (χ1v) is 7.17. The summed E-state index contributed by atoms with van der Waals surface area (Å²) < 4.78 is 14.1. The second-order valence-electron chi connectivity index (χ2n) is 4.81. The van der Waals surface area contributed by atoms with Crippen molar-refractivity contribution in [1.82, 2.24) is 14.8 Å². The predicted octanol–water partition coefficient (Wildman–Crippen LogP) is 1.19. The topological polar surface area (TPSA) is 52.4 Å². The molecule has 0 aliphatic carbocycles. The van der Waals surface area contributed by atoms with Crippen LogP contribution in [0, 0.1) is 6.92 Å². The molecular formula is C12H18N4O2S. The first-order valence-electron chi connectivity index (χ1n) is 6.36. The number of nitrogens with zero attached hydrogens (tertiary/aromatic N) is 4. The fraction of sp³-hybridized carbons (Fsp3) is 0.667. The van der Waals surface area contributed by atoms with Crippen LogP contribution in [0.1, 0.15) is 5.69 Å². The lowest BCUT2D eigenvalue weighted by Gasteiger charge is -2.27. The van der Waals surface area contributed by atoms with Gasteiger partial charge in [-0.25, -0.2) is 9.67 Å². The van der Waals surface area contributed by atoms with Crippen molar-refractivity contribution in [3.05, 3.63) is 5.69 Å². The number of likely N-dealkylation sites (N-methyl/N-ethyl adjacent to an activating group) is 1. The summed E-state index contributed by atoms with van der Waals surface area (Å²) in [6, 6.07) is 0. The smallest absolute Gasteiger partial charge is 0.187 e. The van der Waals surface area contributed by atoms with Crippen LogP contribution in [0.3, 0.4) is 0 Å². The maximum absolute atomic E-state index is 5.67. The zero-order valence-corrected chi connectivity index (χ0v) is 12.2. The molecular weight excluding hydrogens is 264 g/mol. The molecule has 1 unspecified atom stereocenters. The molecule has 19 heavy (non-hydrogen) atoms. The van der Waals surface area contributed by atoms with Crippen LogP contribution < -0.4 is 4.90 Å². The molecule has 6 nitrogen and oxygen atoms in total. The van der Waals surface area contributed by atoms with Crippen molar-refractivity contribution in [2.45, 2.75) is 13.0 Å². The van der Waals surface area contributed by atoms with Crippen molar-refractivity contribution in [2.24, 2.45) is 7.05 Å². The van der Waals surface area contributed by atoms with Gasteiger partial charge in [0.15, 0.2) is 10.8 Å². The number of ether oxygens (including phenoxy) is 2. The Morgan fingerprint density at radius 1 is 1.47 bits per heavy atom.